The molecule has 3 N–H and O–H groups in total. The van der Waals surface area contributed by atoms with Gasteiger partial charge in [0.2, 0.25) is 5.91 Å². The zero-order valence-electron chi connectivity index (χ0n) is 16.3. The molecule has 4 rings (SSSR count). The van der Waals surface area contributed by atoms with Crippen molar-refractivity contribution in [1.29, 1.82) is 0 Å². The maximum absolute atomic E-state index is 13.8. The third kappa shape index (κ3) is 3.95. The van der Waals surface area contributed by atoms with Crippen LogP contribution in [0.25, 0.3) is 11.1 Å². The monoisotopic (exact) mass is 430 g/mol. The number of ether oxygens (including phenoxy) is 1. The molecular weight excluding hydrogens is 410 g/mol. The van der Waals surface area contributed by atoms with E-state index in [0.29, 0.717) is 0 Å². The lowest BCUT2D eigenvalue weighted by atomic mass is 9.98. The first-order valence-corrected chi connectivity index (χ1v) is 9.77. The molecule has 2 aliphatic rings. The van der Waals surface area contributed by atoms with Gasteiger partial charge in [-0.3, -0.25) is 9.59 Å². The number of halogens is 2. The molecule has 2 amide bonds. The van der Waals surface area contributed by atoms with Gasteiger partial charge in [0.25, 0.3) is 5.92 Å². The molecule has 2 aromatic rings. The highest BCUT2D eigenvalue weighted by Gasteiger charge is 2.71. The first-order valence-electron chi connectivity index (χ1n) is 9.77. The molecule has 2 unspecified atom stereocenters. The Morgan fingerprint density at radius 2 is 1.55 bits per heavy atom. The molecule has 2 aliphatic carbocycles. The van der Waals surface area contributed by atoms with Crippen LogP contribution in [0.2, 0.25) is 0 Å². The Morgan fingerprint density at radius 1 is 0.968 bits per heavy atom. The summed E-state index contributed by atoms with van der Waals surface area (Å²) in [5, 5.41) is 12.8. The van der Waals surface area contributed by atoms with Gasteiger partial charge in [-0.2, -0.15) is 0 Å². The van der Waals surface area contributed by atoms with Crippen molar-refractivity contribution in [2.24, 2.45) is 11.8 Å². The van der Waals surface area contributed by atoms with Crippen molar-refractivity contribution in [1.82, 2.24) is 10.6 Å². The molecule has 1 saturated carbocycles. The van der Waals surface area contributed by atoms with Crippen molar-refractivity contribution in [3.63, 3.8) is 0 Å². The number of rotatable bonds is 7. The molecule has 2 atom stereocenters. The minimum Gasteiger partial charge on any atom is -0.480 e. The van der Waals surface area contributed by atoms with Crippen molar-refractivity contribution in [3.05, 3.63) is 59.7 Å². The standard InChI is InChI=1S/C22H20F2N2O5/c23-22(24)17(19(22)20(29)25-10-18(27)28)9-26-21(30)31-11-16-14-7-3-1-5-12(14)13-6-2-4-8-15(13)16/h1-8,16-17,19H,9-11H2,(H,25,29)(H,26,30)(H,27,28). The number of hydrogen-bond acceptors (Lipinski definition) is 4. The Balaban J connectivity index is 1.32. The van der Waals surface area contributed by atoms with E-state index in [1.54, 1.807) is 0 Å². The van der Waals surface area contributed by atoms with E-state index in [0.717, 1.165) is 22.3 Å². The summed E-state index contributed by atoms with van der Waals surface area (Å²) in [6.07, 6.45) is -0.853. The highest BCUT2D eigenvalue weighted by molar-refractivity contribution is 5.86. The Bertz CT molecular complexity index is 997. The summed E-state index contributed by atoms with van der Waals surface area (Å²) >= 11 is 0. The summed E-state index contributed by atoms with van der Waals surface area (Å²) in [5.41, 5.74) is 4.20. The van der Waals surface area contributed by atoms with Crippen LogP contribution in [0.1, 0.15) is 17.0 Å². The number of benzene rings is 2. The van der Waals surface area contributed by atoms with E-state index in [2.05, 4.69) is 5.32 Å². The number of hydrogen-bond donors (Lipinski definition) is 3. The number of amides is 2. The largest absolute Gasteiger partial charge is 0.480 e. The molecule has 31 heavy (non-hydrogen) atoms. The van der Waals surface area contributed by atoms with Gasteiger partial charge in [0, 0.05) is 12.5 Å². The van der Waals surface area contributed by atoms with E-state index in [1.807, 2.05) is 53.8 Å². The number of alkyl halides is 2. The Labute approximate surface area is 176 Å². The van der Waals surface area contributed by atoms with Crippen LogP contribution in [0.3, 0.4) is 0 Å². The maximum Gasteiger partial charge on any atom is 0.407 e. The third-order valence-corrected chi connectivity index (χ3v) is 5.71. The molecule has 0 radical (unpaired) electrons. The molecule has 0 aliphatic heterocycles. The van der Waals surface area contributed by atoms with Crippen molar-refractivity contribution >= 4 is 18.0 Å². The van der Waals surface area contributed by atoms with Gasteiger partial charge in [-0.05, 0) is 22.3 Å². The zero-order chi connectivity index (χ0) is 22.2. The van der Waals surface area contributed by atoms with Gasteiger partial charge < -0.3 is 20.5 Å². The van der Waals surface area contributed by atoms with Gasteiger partial charge >= 0.3 is 12.1 Å². The molecule has 0 spiro atoms. The lowest BCUT2D eigenvalue weighted by molar-refractivity contribution is -0.138. The topological polar surface area (TPSA) is 105 Å². The molecule has 1 fully saturated rings. The molecule has 2 aromatic carbocycles. The van der Waals surface area contributed by atoms with Crippen molar-refractivity contribution in [3.8, 4) is 11.1 Å². The summed E-state index contributed by atoms with van der Waals surface area (Å²) in [5.74, 6) is -8.91. The number of nitrogens with one attached hydrogen (secondary N) is 2. The fourth-order valence-electron chi connectivity index (χ4n) is 4.12. The quantitative estimate of drug-likeness (QED) is 0.626. The second kappa shape index (κ2) is 7.98. The van der Waals surface area contributed by atoms with E-state index < -0.39 is 48.8 Å². The van der Waals surface area contributed by atoms with E-state index in [4.69, 9.17) is 9.84 Å². The Hall–Kier alpha value is -3.49. The van der Waals surface area contributed by atoms with Crippen molar-refractivity contribution in [2.75, 3.05) is 19.7 Å². The van der Waals surface area contributed by atoms with Crippen molar-refractivity contribution in [2.45, 2.75) is 11.8 Å². The molecule has 0 aromatic heterocycles. The number of carbonyl (C=O) groups is 3. The molecule has 9 heteroatoms. The second-order valence-corrected chi connectivity index (χ2v) is 7.58. The van der Waals surface area contributed by atoms with Crippen molar-refractivity contribution < 1.29 is 33.0 Å². The normalized spacial score (nSPS) is 20.3. The molecule has 0 bridgehead atoms. The van der Waals surface area contributed by atoms with Gasteiger partial charge in [0.15, 0.2) is 0 Å². The van der Waals surface area contributed by atoms with Crippen LogP contribution < -0.4 is 10.6 Å². The zero-order valence-corrected chi connectivity index (χ0v) is 16.3. The molecular formula is C22H20F2N2O5. The highest BCUT2D eigenvalue weighted by Crippen LogP contribution is 2.55. The summed E-state index contributed by atoms with van der Waals surface area (Å²) in [6, 6.07) is 15.6. The Morgan fingerprint density at radius 3 is 2.13 bits per heavy atom. The summed E-state index contributed by atoms with van der Waals surface area (Å²) in [6.45, 7) is -1.14. The van der Waals surface area contributed by atoms with E-state index >= 15 is 0 Å². The van der Waals surface area contributed by atoms with E-state index in [9.17, 15) is 23.2 Å². The lowest BCUT2D eigenvalue weighted by Crippen LogP contribution is -2.33. The van der Waals surface area contributed by atoms with Crippen LogP contribution in [-0.4, -0.2) is 48.7 Å². The van der Waals surface area contributed by atoms with Crippen LogP contribution in [0.4, 0.5) is 13.6 Å². The minimum atomic E-state index is -3.31. The predicted octanol–water partition coefficient (Wildman–Crippen LogP) is 2.61. The van der Waals surface area contributed by atoms with Crippen LogP contribution in [-0.2, 0) is 14.3 Å². The van der Waals surface area contributed by atoms with Gasteiger partial charge in [-0.25, -0.2) is 13.6 Å². The fraction of sp³-hybridized carbons (Fsp3) is 0.318. The average Bonchev–Trinajstić information content (AvgIpc) is 3.15. The van der Waals surface area contributed by atoms with Gasteiger partial charge in [0.05, 0.1) is 5.92 Å². The van der Waals surface area contributed by atoms with E-state index in [-0.39, 0.29) is 12.5 Å². The third-order valence-electron chi connectivity index (χ3n) is 5.71. The SMILES string of the molecule is O=C(O)CNC(=O)C1C(CNC(=O)OCC2c3ccccc3-c3ccccc32)C1(F)F. The number of alkyl carbamates (subject to hydrolysis) is 1. The van der Waals surface area contributed by atoms with Crippen LogP contribution >= 0.6 is 0 Å². The molecule has 0 heterocycles. The number of carbonyl (C=O) groups excluding carboxylic acids is 2. The van der Waals surface area contributed by atoms with Crippen LogP contribution in [0.15, 0.2) is 48.5 Å². The van der Waals surface area contributed by atoms with Gasteiger partial charge in [-0.1, -0.05) is 48.5 Å². The maximum atomic E-state index is 13.8. The number of aliphatic carboxylic acids is 1. The van der Waals surface area contributed by atoms with Gasteiger partial charge in [-0.15, -0.1) is 0 Å². The number of fused-ring (bicyclic) bond motifs is 3. The first kappa shape index (κ1) is 20.8. The fourth-order valence-corrected chi connectivity index (χ4v) is 4.12. The number of carboxylic acids is 1. The average molecular weight is 430 g/mol. The van der Waals surface area contributed by atoms with Gasteiger partial charge in [0.1, 0.15) is 19.1 Å². The lowest BCUT2D eigenvalue weighted by Gasteiger charge is -2.14. The summed E-state index contributed by atoms with van der Waals surface area (Å²) in [7, 11) is 0. The van der Waals surface area contributed by atoms with Crippen LogP contribution in [0.5, 0.6) is 0 Å². The molecule has 162 valence electrons. The summed E-state index contributed by atoms with van der Waals surface area (Å²) < 4.78 is 33.0. The number of carboxylic acid groups (broad SMARTS) is 1. The predicted molar refractivity (Wildman–Crippen MR) is 106 cm³/mol. The molecule has 0 saturated heterocycles. The second-order valence-electron chi connectivity index (χ2n) is 7.58. The Kier molecular flexibility index (Phi) is 5.34. The van der Waals surface area contributed by atoms with E-state index in [1.165, 1.54) is 0 Å². The minimum absolute atomic E-state index is 0.0451. The smallest absolute Gasteiger partial charge is 0.407 e. The first-order chi connectivity index (χ1) is 14.8. The highest BCUT2D eigenvalue weighted by atomic mass is 19.3. The van der Waals surface area contributed by atoms with Crippen LogP contribution in [0, 0.1) is 11.8 Å². The molecule has 7 nitrogen and oxygen atoms in total. The summed E-state index contributed by atoms with van der Waals surface area (Å²) in [4.78, 5) is 34.3.